The molecule has 0 saturated heterocycles. The standard InChI is InChI=1S/C18H24Cl2N6/c1-4-17-25-24-12-26(17)8-7-21-18(22-10-13(2)3)23-11-14-5-6-15(19)9-16(14)20/h5-6,9,12H,2,4,7-8,10-11H2,1,3H3,(H2,21,22,23). The Morgan fingerprint density at radius 2 is 2.12 bits per heavy atom. The number of aryl methyl sites for hydroxylation is 1. The highest BCUT2D eigenvalue weighted by Gasteiger charge is 2.04. The fourth-order valence-corrected chi connectivity index (χ4v) is 2.73. The SMILES string of the molecule is C=C(C)CNC(=NCc1ccc(Cl)cc1Cl)NCCn1cnnc1CC. The fourth-order valence-electron chi connectivity index (χ4n) is 2.26. The van der Waals surface area contributed by atoms with Crippen LogP contribution >= 0.6 is 23.2 Å². The Labute approximate surface area is 164 Å². The minimum Gasteiger partial charge on any atom is -0.355 e. The highest BCUT2D eigenvalue weighted by molar-refractivity contribution is 6.35. The first kappa shape index (κ1) is 20.3. The van der Waals surface area contributed by atoms with Gasteiger partial charge in [-0.05, 0) is 24.6 Å². The van der Waals surface area contributed by atoms with E-state index in [-0.39, 0.29) is 0 Å². The average molecular weight is 395 g/mol. The van der Waals surface area contributed by atoms with Gasteiger partial charge in [0.25, 0.3) is 0 Å². The molecule has 6 nitrogen and oxygen atoms in total. The molecule has 2 aromatic rings. The average Bonchev–Trinajstić information content (AvgIpc) is 3.05. The number of benzene rings is 1. The molecule has 1 heterocycles. The Morgan fingerprint density at radius 1 is 1.31 bits per heavy atom. The quantitative estimate of drug-likeness (QED) is 0.408. The van der Waals surface area contributed by atoms with E-state index in [4.69, 9.17) is 23.2 Å². The number of aromatic nitrogens is 3. The van der Waals surface area contributed by atoms with Crippen LogP contribution < -0.4 is 10.6 Å². The molecular formula is C18H24Cl2N6. The Balaban J connectivity index is 1.98. The second-order valence-corrected chi connectivity index (χ2v) is 6.78. The zero-order valence-electron chi connectivity index (χ0n) is 15.1. The van der Waals surface area contributed by atoms with E-state index in [9.17, 15) is 0 Å². The molecule has 26 heavy (non-hydrogen) atoms. The van der Waals surface area contributed by atoms with Gasteiger partial charge in [0.1, 0.15) is 12.2 Å². The molecule has 0 aliphatic carbocycles. The molecule has 0 spiro atoms. The van der Waals surface area contributed by atoms with Crippen molar-refractivity contribution in [1.82, 2.24) is 25.4 Å². The molecule has 0 unspecified atom stereocenters. The van der Waals surface area contributed by atoms with E-state index in [2.05, 4.69) is 39.3 Å². The largest absolute Gasteiger partial charge is 0.355 e. The highest BCUT2D eigenvalue weighted by Crippen LogP contribution is 2.21. The predicted molar refractivity (Wildman–Crippen MR) is 108 cm³/mol. The number of halogens is 2. The van der Waals surface area contributed by atoms with Crippen molar-refractivity contribution in [3.63, 3.8) is 0 Å². The van der Waals surface area contributed by atoms with Crippen molar-refractivity contribution in [2.75, 3.05) is 13.1 Å². The first-order chi connectivity index (χ1) is 12.5. The summed E-state index contributed by atoms with van der Waals surface area (Å²) >= 11 is 12.2. The second kappa shape index (κ2) is 10.2. The van der Waals surface area contributed by atoms with Gasteiger partial charge in [0.2, 0.25) is 0 Å². The van der Waals surface area contributed by atoms with Gasteiger partial charge in [-0.2, -0.15) is 0 Å². The molecule has 0 radical (unpaired) electrons. The summed E-state index contributed by atoms with van der Waals surface area (Å²) in [4.78, 5) is 4.60. The molecule has 0 saturated carbocycles. The Morgan fingerprint density at radius 3 is 2.81 bits per heavy atom. The van der Waals surface area contributed by atoms with Crippen LogP contribution in [0.1, 0.15) is 25.2 Å². The summed E-state index contributed by atoms with van der Waals surface area (Å²) in [6.45, 7) is 10.5. The maximum absolute atomic E-state index is 6.22. The first-order valence-corrected chi connectivity index (χ1v) is 9.22. The minimum atomic E-state index is 0.453. The van der Waals surface area contributed by atoms with Crippen molar-refractivity contribution in [1.29, 1.82) is 0 Å². The zero-order valence-corrected chi connectivity index (χ0v) is 16.6. The Kier molecular flexibility index (Phi) is 7.94. The van der Waals surface area contributed by atoms with Gasteiger partial charge in [-0.15, -0.1) is 10.2 Å². The number of nitrogens with one attached hydrogen (secondary N) is 2. The van der Waals surface area contributed by atoms with Gasteiger partial charge in [-0.25, -0.2) is 4.99 Å². The third kappa shape index (κ3) is 6.35. The van der Waals surface area contributed by atoms with Crippen LogP contribution in [0.15, 0.2) is 41.7 Å². The molecule has 0 aliphatic rings. The molecule has 0 bridgehead atoms. The number of guanidine groups is 1. The van der Waals surface area contributed by atoms with E-state index in [1.54, 1.807) is 12.4 Å². The van der Waals surface area contributed by atoms with Gasteiger partial charge >= 0.3 is 0 Å². The van der Waals surface area contributed by atoms with Crippen LogP contribution in [0.25, 0.3) is 0 Å². The molecule has 8 heteroatoms. The fraction of sp³-hybridized carbons (Fsp3) is 0.389. The van der Waals surface area contributed by atoms with Gasteiger partial charge in [0.15, 0.2) is 5.96 Å². The van der Waals surface area contributed by atoms with Crippen molar-refractivity contribution in [2.24, 2.45) is 4.99 Å². The minimum absolute atomic E-state index is 0.453. The second-order valence-electron chi connectivity index (χ2n) is 5.93. The third-order valence-electron chi connectivity index (χ3n) is 3.64. The lowest BCUT2D eigenvalue weighted by Gasteiger charge is -2.14. The van der Waals surface area contributed by atoms with Crippen LogP contribution in [0, 0.1) is 0 Å². The lowest BCUT2D eigenvalue weighted by molar-refractivity contribution is 0.633. The summed E-state index contributed by atoms with van der Waals surface area (Å²) in [6.07, 6.45) is 2.59. The monoisotopic (exact) mass is 394 g/mol. The third-order valence-corrected chi connectivity index (χ3v) is 4.22. The number of rotatable bonds is 8. The number of hydrogen-bond acceptors (Lipinski definition) is 3. The molecule has 0 fully saturated rings. The Bertz CT molecular complexity index is 769. The van der Waals surface area contributed by atoms with E-state index in [1.165, 1.54) is 0 Å². The van der Waals surface area contributed by atoms with Crippen LogP contribution in [-0.4, -0.2) is 33.8 Å². The smallest absolute Gasteiger partial charge is 0.191 e. The molecule has 2 N–H and O–H groups in total. The lowest BCUT2D eigenvalue weighted by atomic mass is 10.2. The van der Waals surface area contributed by atoms with E-state index in [0.717, 1.165) is 29.9 Å². The van der Waals surface area contributed by atoms with Crippen LogP contribution in [-0.2, 0) is 19.5 Å². The van der Waals surface area contributed by atoms with Crippen LogP contribution in [0.3, 0.4) is 0 Å². The van der Waals surface area contributed by atoms with Crippen LogP contribution in [0.2, 0.25) is 10.0 Å². The highest BCUT2D eigenvalue weighted by atomic mass is 35.5. The summed E-state index contributed by atoms with van der Waals surface area (Å²) in [5, 5.41) is 15.8. The zero-order chi connectivity index (χ0) is 18.9. The number of nitrogens with zero attached hydrogens (tertiary/aromatic N) is 4. The molecule has 1 aromatic carbocycles. The van der Waals surface area contributed by atoms with Crippen LogP contribution in [0.4, 0.5) is 0 Å². The van der Waals surface area contributed by atoms with E-state index in [1.807, 2.05) is 23.6 Å². The van der Waals surface area contributed by atoms with Crippen molar-refractivity contribution in [3.8, 4) is 0 Å². The normalized spacial score (nSPS) is 11.5. The van der Waals surface area contributed by atoms with Crippen molar-refractivity contribution in [2.45, 2.75) is 33.4 Å². The maximum atomic E-state index is 6.22. The molecule has 0 atom stereocenters. The molecule has 140 valence electrons. The van der Waals surface area contributed by atoms with Gasteiger partial charge in [0.05, 0.1) is 6.54 Å². The molecule has 0 amide bonds. The van der Waals surface area contributed by atoms with E-state index in [0.29, 0.717) is 35.6 Å². The number of aliphatic imine (C=N–C) groups is 1. The van der Waals surface area contributed by atoms with Gasteiger partial charge < -0.3 is 15.2 Å². The molecular weight excluding hydrogens is 371 g/mol. The summed E-state index contributed by atoms with van der Waals surface area (Å²) in [6, 6.07) is 5.42. The van der Waals surface area contributed by atoms with Crippen molar-refractivity contribution < 1.29 is 0 Å². The van der Waals surface area contributed by atoms with E-state index >= 15 is 0 Å². The molecule has 1 aromatic heterocycles. The van der Waals surface area contributed by atoms with Gasteiger partial charge in [0, 0.05) is 36.1 Å². The maximum Gasteiger partial charge on any atom is 0.191 e. The summed E-state index contributed by atoms with van der Waals surface area (Å²) in [5.41, 5.74) is 1.94. The van der Waals surface area contributed by atoms with Gasteiger partial charge in [-0.1, -0.05) is 48.3 Å². The number of hydrogen-bond donors (Lipinski definition) is 2. The van der Waals surface area contributed by atoms with Crippen molar-refractivity contribution >= 4 is 29.2 Å². The summed E-state index contributed by atoms with van der Waals surface area (Å²) < 4.78 is 2.03. The van der Waals surface area contributed by atoms with E-state index < -0.39 is 0 Å². The van der Waals surface area contributed by atoms with Gasteiger partial charge in [-0.3, -0.25) is 0 Å². The lowest BCUT2D eigenvalue weighted by Crippen LogP contribution is -2.39. The Hall–Kier alpha value is -2.05. The molecule has 0 aliphatic heterocycles. The predicted octanol–water partition coefficient (Wildman–Crippen LogP) is 3.46. The topological polar surface area (TPSA) is 67.1 Å². The van der Waals surface area contributed by atoms with Crippen molar-refractivity contribution in [3.05, 3.63) is 58.1 Å². The summed E-state index contributed by atoms with van der Waals surface area (Å²) in [5.74, 6) is 1.67. The summed E-state index contributed by atoms with van der Waals surface area (Å²) in [7, 11) is 0. The first-order valence-electron chi connectivity index (χ1n) is 8.46. The molecule has 2 rings (SSSR count). The van der Waals surface area contributed by atoms with Crippen LogP contribution in [0.5, 0.6) is 0 Å².